The quantitative estimate of drug-likeness (QED) is 0.567. The molecule has 0 radical (unpaired) electrons. The summed E-state index contributed by atoms with van der Waals surface area (Å²) in [6.07, 6.45) is 4.48. The van der Waals surface area contributed by atoms with Crippen LogP contribution in [0.2, 0.25) is 0 Å². The van der Waals surface area contributed by atoms with Gasteiger partial charge in [0.2, 0.25) is 5.91 Å². The Bertz CT molecular complexity index is 1130. The lowest BCUT2D eigenvalue weighted by Crippen LogP contribution is -2.33. The van der Waals surface area contributed by atoms with Gasteiger partial charge in [-0.25, -0.2) is 9.37 Å². The van der Waals surface area contributed by atoms with Crippen molar-refractivity contribution in [3.05, 3.63) is 76.6 Å². The number of fused-ring (bicyclic) bond motifs is 1. The van der Waals surface area contributed by atoms with E-state index in [1.165, 1.54) is 23.0 Å². The lowest BCUT2D eigenvalue weighted by Gasteiger charge is -2.18. The van der Waals surface area contributed by atoms with E-state index in [4.69, 9.17) is 0 Å². The number of aryl methyl sites for hydroxylation is 1. The molecule has 32 heavy (non-hydrogen) atoms. The number of carbonyl (C=O) groups excluding carboxylic acids is 1. The van der Waals surface area contributed by atoms with E-state index in [-0.39, 0.29) is 29.7 Å². The summed E-state index contributed by atoms with van der Waals surface area (Å²) < 4.78 is 14.6. The monoisotopic (exact) mass is 437 g/mol. The molecule has 1 aliphatic heterocycles. The van der Waals surface area contributed by atoms with Gasteiger partial charge in [0.15, 0.2) is 0 Å². The summed E-state index contributed by atoms with van der Waals surface area (Å²) in [6, 6.07) is 14.2. The first-order valence-corrected chi connectivity index (χ1v) is 11.0. The third-order valence-electron chi connectivity index (χ3n) is 6.02. The third-order valence-corrected chi connectivity index (χ3v) is 6.02. The summed E-state index contributed by atoms with van der Waals surface area (Å²) in [5.41, 5.74) is 8.17. The lowest BCUT2D eigenvalue weighted by molar-refractivity contribution is -0.130. The van der Waals surface area contributed by atoms with Crippen LogP contribution in [0.3, 0.4) is 0 Å². The van der Waals surface area contributed by atoms with Crippen molar-refractivity contribution in [3.63, 3.8) is 0 Å². The second-order valence-corrected chi connectivity index (χ2v) is 8.29. The summed E-state index contributed by atoms with van der Waals surface area (Å²) in [5.74, 6) is -0.225. The average molecular weight is 438 g/mol. The zero-order chi connectivity index (χ0) is 22.5. The number of para-hydroxylation sites is 1. The van der Waals surface area contributed by atoms with E-state index in [1.54, 1.807) is 36.2 Å². The van der Waals surface area contributed by atoms with E-state index >= 15 is 0 Å². The predicted octanol–water partition coefficient (Wildman–Crippen LogP) is 2.77. The maximum Gasteiger partial charge on any atom is 0.261 e. The van der Waals surface area contributed by atoms with Crippen molar-refractivity contribution < 1.29 is 9.18 Å². The Balaban J connectivity index is 1.20. The van der Waals surface area contributed by atoms with Gasteiger partial charge in [0, 0.05) is 38.6 Å². The molecule has 3 aromatic rings. The minimum absolute atomic E-state index is 0.00625. The number of hydrogen-bond acceptors (Lipinski definition) is 5. The van der Waals surface area contributed by atoms with Crippen molar-refractivity contribution in [2.24, 2.45) is 0 Å². The molecule has 8 heteroatoms. The van der Waals surface area contributed by atoms with Crippen LogP contribution in [0.25, 0.3) is 10.9 Å². The molecule has 0 spiro atoms. The molecule has 2 atom stereocenters. The lowest BCUT2D eigenvalue weighted by atomic mass is 9.99. The van der Waals surface area contributed by atoms with Crippen molar-refractivity contribution in [1.82, 2.24) is 25.3 Å². The van der Waals surface area contributed by atoms with E-state index in [2.05, 4.69) is 15.8 Å². The van der Waals surface area contributed by atoms with Crippen LogP contribution in [-0.2, 0) is 11.3 Å². The number of aromatic nitrogens is 2. The number of benzene rings is 2. The summed E-state index contributed by atoms with van der Waals surface area (Å²) in [7, 11) is 1.80. The summed E-state index contributed by atoms with van der Waals surface area (Å²) in [5, 5.41) is 0.562. The van der Waals surface area contributed by atoms with Crippen LogP contribution in [0.4, 0.5) is 4.39 Å². The number of rotatable bonds is 8. The average Bonchev–Trinajstić information content (AvgIpc) is 3.28. The molecule has 1 aromatic heterocycles. The zero-order valence-electron chi connectivity index (χ0n) is 18.1. The Morgan fingerprint density at radius 3 is 2.78 bits per heavy atom. The molecule has 1 aliphatic rings. The molecule has 0 aliphatic carbocycles. The topological polar surface area (TPSA) is 79.3 Å². The van der Waals surface area contributed by atoms with Gasteiger partial charge in [-0.1, -0.05) is 24.3 Å². The number of carbonyl (C=O) groups is 1. The molecule has 2 N–H and O–H groups in total. The Hall–Kier alpha value is -3.10. The summed E-state index contributed by atoms with van der Waals surface area (Å²) in [6.45, 7) is 0.969. The van der Waals surface area contributed by atoms with E-state index < -0.39 is 0 Å². The van der Waals surface area contributed by atoms with Crippen LogP contribution in [-0.4, -0.2) is 40.0 Å². The highest BCUT2D eigenvalue weighted by molar-refractivity contribution is 5.77. The molecular weight excluding hydrogens is 409 g/mol. The van der Waals surface area contributed by atoms with Gasteiger partial charge >= 0.3 is 0 Å². The fourth-order valence-corrected chi connectivity index (χ4v) is 4.10. The molecule has 2 heterocycles. The van der Waals surface area contributed by atoms with Gasteiger partial charge in [-0.3, -0.25) is 25.0 Å². The van der Waals surface area contributed by atoms with Gasteiger partial charge < -0.3 is 4.90 Å². The fourth-order valence-electron chi connectivity index (χ4n) is 4.10. The highest BCUT2D eigenvalue weighted by Crippen LogP contribution is 2.24. The molecular formula is C24H28FN5O2. The maximum atomic E-state index is 13.1. The molecule has 7 nitrogen and oxygen atoms in total. The number of hydrazine groups is 1. The Morgan fingerprint density at radius 1 is 1.19 bits per heavy atom. The number of hydrogen-bond donors (Lipinski definition) is 2. The first-order chi connectivity index (χ1) is 15.5. The zero-order valence-corrected chi connectivity index (χ0v) is 18.1. The fraction of sp³-hybridized carbons (Fsp3) is 0.375. The molecule has 1 fully saturated rings. The molecule has 2 aromatic carbocycles. The van der Waals surface area contributed by atoms with Crippen molar-refractivity contribution in [3.8, 4) is 0 Å². The van der Waals surface area contributed by atoms with Gasteiger partial charge in [-0.05, 0) is 49.1 Å². The first-order valence-electron chi connectivity index (χ1n) is 11.0. The molecule has 1 amide bonds. The van der Waals surface area contributed by atoms with Crippen molar-refractivity contribution in [2.75, 3.05) is 13.6 Å². The molecule has 2 unspecified atom stereocenters. The normalized spacial score (nSPS) is 18.2. The van der Waals surface area contributed by atoms with Gasteiger partial charge in [0.05, 0.1) is 17.2 Å². The van der Waals surface area contributed by atoms with Gasteiger partial charge in [-0.15, -0.1) is 0 Å². The van der Waals surface area contributed by atoms with Crippen molar-refractivity contribution in [1.29, 1.82) is 0 Å². The van der Waals surface area contributed by atoms with E-state index in [0.717, 1.165) is 24.8 Å². The largest absolute Gasteiger partial charge is 0.346 e. The summed E-state index contributed by atoms with van der Waals surface area (Å²) >= 11 is 0. The smallest absolute Gasteiger partial charge is 0.261 e. The number of nitrogens with one attached hydrogen (secondary N) is 2. The van der Waals surface area contributed by atoms with E-state index in [0.29, 0.717) is 30.0 Å². The van der Waals surface area contributed by atoms with Crippen molar-refractivity contribution >= 4 is 16.8 Å². The van der Waals surface area contributed by atoms with Gasteiger partial charge in [0.1, 0.15) is 5.82 Å². The minimum Gasteiger partial charge on any atom is -0.346 e. The van der Waals surface area contributed by atoms with Gasteiger partial charge in [-0.2, -0.15) is 0 Å². The maximum absolute atomic E-state index is 13.1. The molecule has 1 saturated heterocycles. The first kappa shape index (κ1) is 22.1. The van der Waals surface area contributed by atoms with Gasteiger partial charge in [0.25, 0.3) is 5.56 Å². The molecule has 0 bridgehead atoms. The van der Waals surface area contributed by atoms with Crippen LogP contribution in [0, 0.1) is 5.82 Å². The third kappa shape index (κ3) is 5.20. The van der Waals surface area contributed by atoms with Crippen molar-refractivity contribution in [2.45, 2.75) is 44.3 Å². The molecule has 4 rings (SSSR count). The Labute approximate surface area is 186 Å². The second-order valence-electron chi connectivity index (χ2n) is 8.29. The SMILES string of the molecule is CN(CCCC1CC(c2ccc(F)cc2)NN1)C(=O)CCn1cnc2ccccc2c1=O. The summed E-state index contributed by atoms with van der Waals surface area (Å²) in [4.78, 5) is 31.1. The van der Waals surface area contributed by atoms with Crippen LogP contribution in [0.1, 0.15) is 37.3 Å². The predicted molar refractivity (Wildman–Crippen MR) is 121 cm³/mol. The Kier molecular flexibility index (Phi) is 6.92. The van der Waals surface area contributed by atoms with E-state index in [1.807, 2.05) is 12.1 Å². The number of halogens is 1. The highest BCUT2D eigenvalue weighted by Gasteiger charge is 2.24. The van der Waals surface area contributed by atoms with Crippen LogP contribution < -0.4 is 16.4 Å². The number of amides is 1. The minimum atomic E-state index is -0.231. The molecule has 0 saturated carbocycles. The second kappa shape index (κ2) is 10.0. The number of nitrogens with zero attached hydrogens (tertiary/aromatic N) is 3. The Morgan fingerprint density at radius 2 is 1.97 bits per heavy atom. The molecule has 168 valence electrons. The van der Waals surface area contributed by atoms with Crippen LogP contribution in [0.5, 0.6) is 0 Å². The van der Waals surface area contributed by atoms with Crippen LogP contribution in [0.15, 0.2) is 59.7 Å². The van der Waals surface area contributed by atoms with E-state index in [9.17, 15) is 14.0 Å². The highest BCUT2D eigenvalue weighted by atomic mass is 19.1. The van der Waals surface area contributed by atoms with Crippen LogP contribution >= 0.6 is 0 Å². The standard InChI is InChI=1S/C24H28FN5O2/c1-29(13-4-5-19-15-22(28-27-19)17-8-10-18(25)11-9-17)23(31)12-14-30-16-26-21-7-3-2-6-20(21)24(30)32/h2-3,6-11,16,19,22,27-28H,4-5,12-15H2,1H3.